The molecule has 1 aromatic rings. The maximum absolute atomic E-state index is 12.4. The van der Waals surface area contributed by atoms with Crippen LogP contribution in [0.15, 0.2) is 24.3 Å². The summed E-state index contributed by atoms with van der Waals surface area (Å²) in [5, 5.41) is 15.3. The Morgan fingerprint density at radius 1 is 1.29 bits per heavy atom. The molecule has 0 aliphatic carbocycles. The van der Waals surface area contributed by atoms with Gasteiger partial charge < -0.3 is 15.7 Å². The summed E-state index contributed by atoms with van der Waals surface area (Å²) in [6.07, 6.45) is 1.33. The zero-order chi connectivity index (χ0) is 15.5. The van der Waals surface area contributed by atoms with Gasteiger partial charge in [-0.25, -0.2) is 4.79 Å². The minimum Gasteiger partial charge on any atom is -0.480 e. The van der Waals surface area contributed by atoms with Gasteiger partial charge in [0.2, 0.25) is 5.91 Å². The molecule has 0 fully saturated rings. The first-order valence-electron chi connectivity index (χ1n) is 7.38. The Labute approximate surface area is 124 Å². The molecule has 0 spiro atoms. The molecule has 0 bridgehead atoms. The van der Waals surface area contributed by atoms with Crippen molar-refractivity contribution >= 4 is 11.9 Å². The number of carboxylic acids is 1. The molecular weight excluding hydrogens is 268 g/mol. The van der Waals surface area contributed by atoms with Crippen molar-refractivity contribution in [3.63, 3.8) is 0 Å². The van der Waals surface area contributed by atoms with Crippen molar-refractivity contribution in [1.82, 2.24) is 10.6 Å². The minimum atomic E-state index is -1.17. The van der Waals surface area contributed by atoms with Crippen LogP contribution in [0, 0.1) is 0 Å². The van der Waals surface area contributed by atoms with E-state index in [0.717, 1.165) is 5.56 Å². The molecule has 1 amide bonds. The quantitative estimate of drug-likeness (QED) is 0.767. The lowest BCUT2D eigenvalue weighted by Crippen LogP contribution is -2.59. The zero-order valence-electron chi connectivity index (χ0n) is 12.5. The molecule has 0 saturated carbocycles. The molecule has 1 atom stereocenters. The average Bonchev–Trinajstić information content (AvgIpc) is 2.51. The van der Waals surface area contributed by atoms with E-state index in [1.807, 2.05) is 24.3 Å². The highest BCUT2D eigenvalue weighted by molar-refractivity contribution is 5.89. The fourth-order valence-corrected chi connectivity index (χ4v) is 2.75. The number of benzene rings is 1. The molecule has 2 rings (SSSR count). The lowest BCUT2D eigenvalue weighted by Gasteiger charge is -2.32. The Balaban J connectivity index is 2.10. The van der Waals surface area contributed by atoms with Gasteiger partial charge in [-0.1, -0.05) is 38.1 Å². The first kappa shape index (κ1) is 15.5. The maximum Gasteiger partial charge on any atom is 0.329 e. The average molecular weight is 290 g/mol. The lowest BCUT2D eigenvalue weighted by atomic mass is 9.90. The summed E-state index contributed by atoms with van der Waals surface area (Å²) in [6.45, 7) is 4.19. The van der Waals surface area contributed by atoms with Crippen molar-refractivity contribution in [1.29, 1.82) is 0 Å². The van der Waals surface area contributed by atoms with Gasteiger partial charge in [0.15, 0.2) is 0 Å². The number of carbonyl (C=O) groups is 2. The van der Waals surface area contributed by atoms with Gasteiger partial charge in [0, 0.05) is 6.54 Å². The molecule has 1 aromatic carbocycles. The van der Waals surface area contributed by atoms with Crippen molar-refractivity contribution in [2.24, 2.45) is 0 Å². The van der Waals surface area contributed by atoms with E-state index in [1.54, 1.807) is 13.8 Å². The Bertz CT molecular complexity index is 538. The molecule has 1 aliphatic rings. The van der Waals surface area contributed by atoms with Crippen LogP contribution in [0.4, 0.5) is 0 Å². The summed E-state index contributed by atoms with van der Waals surface area (Å²) in [4.78, 5) is 23.9. The van der Waals surface area contributed by atoms with Crippen LogP contribution >= 0.6 is 0 Å². The predicted octanol–water partition coefficient (Wildman–Crippen LogP) is 1.46. The molecule has 21 heavy (non-hydrogen) atoms. The van der Waals surface area contributed by atoms with Crippen LogP contribution in [-0.4, -0.2) is 28.6 Å². The molecule has 0 saturated heterocycles. The van der Waals surface area contributed by atoms with Crippen molar-refractivity contribution in [2.75, 3.05) is 0 Å². The van der Waals surface area contributed by atoms with Gasteiger partial charge in [0.1, 0.15) is 5.54 Å². The largest absolute Gasteiger partial charge is 0.480 e. The summed E-state index contributed by atoms with van der Waals surface area (Å²) in [6, 6.07) is 7.61. The number of aliphatic carboxylic acids is 1. The molecule has 3 N–H and O–H groups in total. The van der Waals surface area contributed by atoms with E-state index in [2.05, 4.69) is 10.6 Å². The second kappa shape index (κ2) is 6.26. The highest BCUT2D eigenvalue weighted by Crippen LogP contribution is 2.19. The minimum absolute atomic E-state index is 0.240. The summed E-state index contributed by atoms with van der Waals surface area (Å²) < 4.78 is 0. The maximum atomic E-state index is 12.4. The summed E-state index contributed by atoms with van der Waals surface area (Å²) in [5.74, 6) is -1.22. The number of amides is 1. The van der Waals surface area contributed by atoms with Gasteiger partial charge in [-0.05, 0) is 30.4 Å². The predicted molar refractivity (Wildman–Crippen MR) is 79.9 cm³/mol. The summed E-state index contributed by atoms with van der Waals surface area (Å²) in [5.41, 5.74) is 1.16. The summed E-state index contributed by atoms with van der Waals surface area (Å²) >= 11 is 0. The molecule has 1 heterocycles. The zero-order valence-corrected chi connectivity index (χ0v) is 12.5. The molecule has 1 aliphatic heterocycles. The van der Waals surface area contributed by atoms with E-state index >= 15 is 0 Å². The van der Waals surface area contributed by atoms with Crippen LogP contribution < -0.4 is 10.6 Å². The van der Waals surface area contributed by atoms with E-state index in [0.29, 0.717) is 25.8 Å². The number of hydrogen-bond donors (Lipinski definition) is 3. The molecule has 114 valence electrons. The first-order valence-corrected chi connectivity index (χ1v) is 7.38. The van der Waals surface area contributed by atoms with E-state index in [4.69, 9.17) is 0 Å². The SMILES string of the molecule is CCC(CC)(NC(=O)C1Cc2ccccc2CN1)C(=O)O. The standard InChI is InChI=1S/C16H22N2O3/c1-3-16(4-2,15(20)21)18-14(19)13-9-11-7-5-6-8-12(11)10-17-13/h5-8,13,17H,3-4,9-10H2,1-2H3,(H,18,19)(H,20,21). The van der Waals surface area contributed by atoms with Gasteiger partial charge >= 0.3 is 5.97 Å². The number of carbonyl (C=O) groups excluding carboxylic acids is 1. The van der Waals surface area contributed by atoms with Gasteiger partial charge in [0.05, 0.1) is 6.04 Å². The Kier molecular flexibility index (Phi) is 4.63. The van der Waals surface area contributed by atoms with Crippen molar-refractivity contribution in [2.45, 2.75) is 51.2 Å². The third-order valence-corrected chi connectivity index (χ3v) is 4.38. The third-order valence-electron chi connectivity index (χ3n) is 4.38. The molecule has 5 heteroatoms. The number of nitrogens with one attached hydrogen (secondary N) is 2. The van der Waals surface area contributed by atoms with E-state index in [1.165, 1.54) is 5.56 Å². The van der Waals surface area contributed by atoms with E-state index in [-0.39, 0.29) is 11.9 Å². The van der Waals surface area contributed by atoms with Crippen LogP contribution in [0.3, 0.4) is 0 Å². The Hall–Kier alpha value is -1.88. The molecule has 0 aromatic heterocycles. The van der Waals surface area contributed by atoms with Gasteiger partial charge in [-0.3, -0.25) is 4.79 Å². The van der Waals surface area contributed by atoms with Crippen LogP contribution in [0.5, 0.6) is 0 Å². The first-order chi connectivity index (χ1) is 10.0. The molecular formula is C16H22N2O3. The van der Waals surface area contributed by atoms with E-state index < -0.39 is 11.5 Å². The second-order valence-electron chi connectivity index (χ2n) is 5.49. The van der Waals surface area contributed by atoms with Gasteiger partial charge in [-0.15, -0.1) is 0 Å². The molecule has 0 radical (unpaired) electrons. The number of rotatable bonds is 5. The third kappa shape index (κ3) is 3.08. The fraction of sp³-hybridized carbons (Fsp3) is 0.500. The van der Waals surface area contributed by atoms with Crippen LogP contribution in [0.2, 0.25) is 0 Å². The number of fused-ring (bicyclic) bond motifs is 1. The van der Waals surface area contributed by atoms with Gasteiger partial charge in [0.25, 0.3) is 0 Å². The summed E-state index contributed by atoms with van der Waals surface area (Å²) in [7, 11) is 0. The van der Waals surface area contributed by atoms with Crippen molar-refractivity contribution in [3.05, 3.63) is 35.4 Å². The fourth-order valence-electron chi connectivity index (χ4n) is 2.75. The second-order valence-corrected chi connectivity index (χ2v) is 5.49. The van der Waals surface area contributed by atoms with Crippen molar-refractivity contribution in [3.8, 4) is 0 Å². The number of carboxylic acid groups (broad SMARTS) is 1. The lowest BCUT2D eigenvalue weighted by molar-refractivity contribution is -0.148. The highest BCUT2D eigenvalue weighted by Gasteiger charge is 2.38. The Morgan fingerprint density at radius 3 is 2.48 bits per heavy atom. The topological polar surface area (TPSA) is 78.4 Å². The molecule has 5 nitrogen and oxygen atoms in total. The smallest absolute Gasteiger partial charge is 0.329 e. The Morgan fingerprint density at radius 2 is 1.90 bits per heavy atom. The van der Waals surface area contributed by atoms with Gasteiger partial charge in [-0.2, -0.15) is 0 Å². The van der Waals surface area contributed by atoms with Crippen LogP contribution in [-0.2, 0) is 22.6 Å². The monoisotopic (exact) mass is 290 g/mol. The van der Waals surface area contributed by atoms with E-state index in [9.17, 15) is 14.7 Å². The molecule has 1 unspecified atom stereocenters. The number of hydrogen-bond acceptors (Lipinski definition) is 3. The highest BCUT2D eigenvalue weighted by atomic mass is 16.4. The van der Waals surface area contributed by atoms with Crippen LogP contribution in [0.25, 0.3) is 0 Å². The normalized spacial score (nSPS) is 17.9. The van der Waals surface area contributed by atoms with Crippen molar-refractivity contribution < 1.29 is 14.7 Å². The van der Waals surface area contributed by atoms with Crippen LogP contribution in [0.1, 0.15) is 37.8 Å².